The fourth-order valence-electron chi connectivity index (χ4n) is 3.52. The Balaban J connectivity index is 2.02. The van der Waals surface area contributed by atoms with Crippen LogP contribution in [-0.4, -0.2) is 21.2 Å². The van der Waals surface area contributed by atoms with Crippen molar-refractivity contribution in [3.8, 4) is 11.4 Å². The lowest BCUT2D eigenvalue weighted by Crippen LogP contribution is -2.38. The van der Waals surface area contributed by atoms with Crippen molar-refractivity contribution in [3.05, 3.63) is 95.5 Å². The van der Waals surface area contributed by atoms with E-state index in [0.29, 0.717) is 27.2 Å². The SMILES string of the molecule is COc1cccc(-n2c(=O)c3c(C)c(C)sc3n(Cc3cccc([N+](=O)[O-])c3)c2=O)c1. The molecule has 0 aliphatic carbocycles. The van der Waals surface area contributed by atoms with Crippen molar-refractivity contribution < 1.29 is 9.66 Å². The van der Waals surface area contributed by atoms with E-state index in [1.807, 2.05) is 13.8 Å². The van der Waals surface area contributed by atoms with E-state index in [1.165, 1.54) is 35.1 Å². The zero-order valence-corrected chi connectivity index (χ0v) is 17.9. The Hall–Kier alpha value is -3.72. The van der Waals surface area contributed by atoms with Gasteiger partial charge in [-0.25, -0.2) is 9.36 Å². The number of aromatic nitrogens is 2. The molecule has 0 amide bonds. The molecule has 0 N–H and O–H groups in total. The van der Waals surface area contributed by atoms with Crippen molar-refractivity contribution in [2.45, 2.75) is 20.4 Å². The molecular formula is C22H19N3O5S. The molecule has 0 saturated heterocycles. The van der Waals surface area contributed by atoms with Crippen LogP contribution in [0.3, 0.4) is 0 Å². The summed E-state index contributed by atoms with van der Waals surface area (Å²) >= 11 is 1.37. The minimum absolute atomic E-state index is 0.0542. The van der Waals surface area contributed by atoms with Crippen LogP contribution in [0.2, 0.25) is 0 Å². The van der Waals surface area contributed by atoms with Crippen molar-refractivity contribution in [3.63, 3.8) is 0 Å². The highest BCUT2D eigenvalue weighted by molar-refractivity contribution is 7.18. The summed E-state index contributed by atoms with van der Waals surface area (Å²) in [6.07, 6.45) is 0. The molecule has 0 bridgehead atoms. The zero-order valence-electron chi connectivity index (χ0n) is 17.1. The predicted octanol–water partition coefficient (Wildman–Crippen LogP) is 3.80. The van der Waals surface area contributed by atoms with E-state index in [1.54, 1.807) is 36.4 Å². The van der Waals surface area contributed by atoms with E-state index < -0.39 is 16.2 Å². The Kier molecular flexibility index (Phi) is 5.20. The van der Waals surface area contributed by atoms with Gasteiger partial charge in [0.2, 0.25) is 0 Å². The van der Waals surface area contributed by atoms with Crippen LogP contribution in [0.5, 0.6) is 5.75 Å². The first-order valence-electron chi connectivity index (χ1n) is 9.45. The molecule has 0 spiro atoms. The lowest BCUT2D eigenvalue weighted by molar-refractivity contribution is -0.384. The molecule has 0 atom stereocenters. The van der Waals surface area contributed by atoms with Crippen LogP contribution in [0.25, 0.3) is 15.9 Å². The molecule has 0 saturated carbocycles. The molecule has 8 nitrogen and oxygen atoms in total. The van der Waals surface area contributed by atoms with E-state index in [2.05, 4.69) is 0 Å². The van der Waals surface area contributed by atoms with Gasteiger partial charge in [0.25, 0.3) is 11.2 Å². The number of non-ortho nitro benzene ring substituents is 1. The van der Waals surface area contributed by atoms with Crippen molar-refractivity contribution in [1.29, 1.82) is 0 Å². The first-order chi connectivity index (χ1) is 14.8. The van der Waals surface area contributed by atoms with Crippen LogP contribution >= 0.6 is 11.3 Å². The van der Waals surface area contributed by atoms with Gasteiger partial charge >= 0.3 is 5.69 Å². The van der Waals surface area contributed by atoms with Crippen LogP contribution in [0.15, 0.2) is 58.1 Å². The maximum absolute atomic E-state index is 13.5. The Bertz CT molecular complexity index is 1450. The molecule has 2 aromatic heterocycles. The number of nitro groups is 1. The highest BCUT2D eigenvalue weighted by Crippen LogP contribution is 2.28. The summed E-state index contributed by atoms with van der Waals surface area (Å²) in [7, 11) is 1.51. The summed E-state index contributed by atoms with van der Waals surface area (Å²) < 4.78 is 7.87. The number of aryl methyl sites for hydroxylation is 2. The number of nitro benzene ring substituents is 1. The van der Waals surface area contributed by atoms with Crippen molar-refractivity contribution in [2.75, 3.05) is 7.11 Å². The number of thiophene rings is 1. The smallest absolute Gasteiger partial charge is 0.337 e. The average molecular weight is 437 g/mol. The monoisotopic (exact) mass is 437 g/mol. The van der Waals surface area contributed by atoms with Crippen LogP contribution in [-0.2, 0) is 6.54 Å². The largest absolute Gasteiger partial charge is 0.497 e. The Morgan fingerprint density at radius 3 is 2.55 bits per heavy atom. The number of rotatable bonds is 5. The fourth-order valence-corrected chi connectivity index (χ4v) is 4.67. The molecule has 31 heavy (non-hydrogen) atoms. The van der Waals surface area contributed by atoms with E-state index in [9.17, 15) is 19.7 Å². The quantitative estimate of drug-likeness (QED) is 0.350. The summed E-state index contributed by atoms with van der Waals surface area (Å²) in [5.41, 5.74) is 0.837. The van der Waals surface area contributed by atoms with Crippen molar-refractivity contribution in [1.82, 2.24) is 9.13 Å². The summed E-state index contributed by atoms with van der Waals surface area (Å²) in [5.74, 6) is 0.521. The molecule has 0 aliphatic rings. The number of nitrogens with zero attached hydrogens (tertiary/aromatic N) is 3. The third-order valence-electron chi connectivity index (χ3n) is 5.22. The number of methoxy groups -OCH3 is 1. The number of hydrogen-bond acceptors (Lipinski definition) is 6. The topological polar surface area (TPSA) is 96.4 Å². The molecule has 2 heterocycles. The van der Waals surface area contributed by atoms with Gasteiger partial charge in [0.15, 0.2) is 0 Å². The fraction of sp³-hybridized carbons (Fsp3) is 0.182. The normalized spacial score (nSPS) is 11.1. The Morgan fingerprint density at radius 1 is 1.10 bits per heavy atom. The molecule has 2 aromatic carbocycles. The minimum atomic E-state index is -0.515. The summed E-state index contributed by atoms with van der Waals surface area (Å²) in [5, 5.41) is 11.6. The van der Waals surface area contributed by atoms with Gasteiger partial charge in [-0.05, 0) is 37.1 Å². The molecule has 4 rings (SSSR count). The van der Waals surface area contributed by atoms with Crippen LogP contribution < -0.4 is 16.0 Å². The molecule has 0 radical (unpaired) electrons. The predicted molar refractivity (Wildman–Crippen MR) is 120 cm³/mol. The van der Waals surface area contributed by atoms with Gasteiger partial charge in [-0.15, -0.1) is 11.3 Å². The second-order valence-electron chi connectivity index (χ2n) is 7.10. The second kappa shape index (κ2) is 7.84. The highest BCUT2D eigenvalue weighted by atomic mass is 32.1. The van der Waals surface area contributed by atoms with Gasteiger partial charge in [0, 0.05) is 23.1 Å². The number of hydrogen-bond donors (Lipinski definition) is 0. The first kappa shape index (κ1) is 20.5. The van der Waals surface area contributed by atoms with Crippen LogP contribution in [0.4, 0.5) is 5.69 Å². The number of benzene rings is 2. The molecule has 9 heteroatoms. The molecular weight excluding hydrogens is 418 g/mol. The Labute approximate surface area is 180 Å². The van der Waals surface area contributed by atoms with Gasteiger partial charge in [0.05, 0.1) is 29.7 Å². The lowest BCUT2D eigenvalue weighted by Gasteiger charge is -2.13. The molecule has 4 aromatic rings. The maximum Gasteiger partial charge on any atom is 0.337 e. The molecule has 0 aliphatic heterocycles. The van der Waals surface area contributed by atoms with E-state index in [4.69, 9.17) is 4.74 Å². The van der Waals surface area contributed by atoms with Gasteiger partial charge in [0.1, 0.15) is 10.6 Å². The van der Waals surface area contributed by atoms with E-state index in [0.717, 1.165) is 15.0 Å². The van der Waals surface area contributed by atoms with Gasteiger partial charge in [-0.3, -0.25) is 19.5 Å². The minimum Gasteiger partial charge on any atom is -0.497 e. The molecule has 0 unspecified atom stereocenters. The summed E-state index contributed by atoms with van der Waals surface area (Å²) in [6.45, 7) is 3.85. The van der Waals surface area contributed by atoms with E-state index in [-0.39, 0.29) is 12.2 Å². The van der Waals surface area contributed by atoms with Gasteiger partial charge < -0.3 is 4.74 Å². The van der Waals surface area contributed by atoms with Crippen LogP contribution in [0, 0.1) is 24.0 Å². The summed E-state index contributed by atoms with van der Waals surface area (Å²) in [6, 6.07) is 12.9. The van der Waals surface area contributed by atoms with Gasteiger partial charge in [-0.2, -0.15) is 0 Å². The average Bonchev–Trinajstić information content (AvgIpc) is 3.06. The second-order valence-corrected chi connectivity index (χ2v) is 8.30. The van der Waals surface area contributed by atoms with Crippen molar-refractivity contribution in [2.24, 2.45) is 0 Å². The maximum atomic E-state index is 13.5. The van der Waals surface area contributed by atoms with Crippen molar-refractivity contribution >= 4 is 27.2 Å². The lowest BCUT2D eigenvalue weighted by atomic mass is 10.2. The van der Waals surface area contributed by atoms with Crippen LogP contribution in [0.1, 0.15) is 16.0 Å². The first-order valence-corrected chi connectivity index (χ1v) is 10.3. The summed E-state index contributed by atoms with van der Waals surface area (Å²) in [4.78, 5) is 39.0. The molecule has 158 valence electrons. The highest BCUT2D eigenvalue weighted by Gasteiger charge is 2.20. The van der Waals surface area contributed by atoms with Gasteiger partial charge in [-0.1, -0.05) is 18.2 Å². The zero-order chi connectivity index (χ0) is 22.3. The number of ether oxygens (including phenoxy) is 1. The third kappa shape index (κ3) is 3.53. The Morgan fingerprint density at radius 2 is 1.84 bits per heavy atom. The van der Waals surface area contributed by atoms with E-state index >= 15 is 0 Å². The number of fused-ring (bicyclic) bond motifs is 1. The third-order valence-corrected chi connectivity index (χ3v) is 6.45. The standard InChI is InChI=1S/C22H19N3O5S/c1-13-14(2)31-21-19(13)20(26)24(16-7-5-9-18(11-16)30-3)22(27)23(21)12-15-6-4-8-17(10-15)25(28)29/h4-11H,12H2,1-3H3. The molecule has 0 fully saturated rings.